The Labute approximate surface area is 183 Å². The van der Waals surface area contributed by atoms with Crippen LogP contribution in [-0.2, 0) is 38.5 Å². The number of benzene rings is 3. The molecule has 0 bridgehead atoms. The summed E-state index contributed by atoms with van der Waals surface area (Å²) in [5, 5.41) is 0. The van der Waals surface area contributed by atoms with Crippen molar-refractivity contribution in [3.8, 4) is 0 Å². The summed E-state index contributed by atoms with van der Waals surface area (Å²) in [4.78, 5) is 0. The molecular weight excluding hydrogens is 360 g/mol. The van der Waals surface area contributed by atoms with Gasteiger partial charge in [-0.25, -0.2) is 0 Å². The van der Waals surface area contributed by atoms with Gasteiger partial charge in [0, 0.05) is 0 Å². The van der Waals surface area contributed by atoms with Gasteiger partial charge in [-0.3, -0.25) is 0 Å². The monoisotopic (exact) mass is 396 g/mol. The molecule has 6 rings (SSSR count). The second-order valence-corrected chi connectivity index (χ2v) is 9.85. The molecule has 0 radical (unpaired) electrons. The van der Waals surface area contributed by atoms with Crippen LogP contribution in [0.2, 0.25) is 0 Å². The zero-order chi connectivity index (χ0) is 20.9. The van der Waals surface area contributed by atoms with Crippen molar-refractivity contribution in [2.24, 2.45) is 17.8 Å². The minimum atomic E-state index is 0.873. The fraction of sp³-hybridized carbons (Fsp3) is 0.400. The first-order valence-electron chi connectivity index (χ1n) is 11.8. The molecule has 0 fully saturated rings. The minimum Gasteiger partial charge on any atom is -0.0620 e. The van der Waals surface area contributed by atoms with Crippen molar-refractivity contribution in [1.29, 1.82) is 0 Å². The van der Waals surface area contributed by atoms with E-state index in [1.165, 1.54) is 38.5 Å². The van der Waals surface area contributed by atoms with E-state index in [9.17, 15) is 0 Å². The summed E-state index contributed by atoms with van der Waals surface area (Å²) in [6, 6.07) is 26.3. The molecule has 3 aliphatic rings. The number of rotatable bonds is 0. The molecule has 0 saturated heterocycles. The van der Waals surface area contributed by atoms with E-state index in [1.54, 1.807) is 33.4 Å². The third kappa shape index (κ3) is 5.22. The fourth-order valence-corrected chi connectivity index (χ4v) is 5.34. The maximum Gasteiger partial charge on any atom is -0.0247 e. The molecule has 0 saturated carbocycles. The molecule has 0 spiro atoms. The smallest absolute Gasteiger partial charge is 0.0247 e. The highest BCUT2D eigenvalue weighted by atomic mass is 14.2. The van der Waals surface area contributed by atoms with Crippen molar-refractivity contribution < 1.29 is 0 Å². The second kappa shape index (κ2) is 9.65. The third-order valence-electron chi connectivity index (χ3n) is 6.77. The topological polar surface area (TPSA) is 0 Å². The molecule has 0 atom stereocenters. The molecule has 0 amide bonds. The molecule has 0 nitrogen and oxygen atoms in total. The van der Waals surface area contributed by atoms with Gasteiger partial charge in [0.25, 0.3) is 0 Å². The maximum atomic E-state index is 2.32. The summed E-state index contributed by atoms with van der Waals surface area (Å²) >= 11 is 0. The summed E-state index contributed by atoms with van der Waals surface area (Å²) in [6.07, 6.45) is 7.73. The van der Waals surface area contributed by atoms with Gasteiger partial charge in [-0.15, -0.1) is 0 Å². The van der Waals surface area contributed by atoms with Crippen LogP contribution in [0.25, 0.3) is 0 Å². The normalized spacial score (nSPS) is 17.3. The molecule has 0 aromatic heterocycles. The van der Waals surface area contributed by atoms with Crippen LogP contribution in [0.15, 0.2) is 72.8 Å². The Hall–Kier alpha value is -2.34. The van der Waals surface area contributed by atoms with Crippen molar-refractivity contribution in [2.45, 2.75) is 59.3 Å². The Morgan fingerprint density at radius 2 is 0.533 bits per heavy atom. The van der Waals surface area contributed by atoms with Gasteiger partial charge in [-0.1, -0.05) is 93.6 Å². The molecular formula is C30H36. The van der Waals surface area contributed by atoms with Crippen molar-refractivity contribution in [2.75, 3.05) is 0 Å². The average molecular weight is 397 g/mol. The van der Waals surface area contributed by atoms with E-state index < -0.39 is 0 Å². The lowest BCUT2D eigenvalue weighted by Crippen LogP contribution is -1.89. The summed E-state index contributed by atoms with van der Waals surface area (Å²) in [6.45, 7) is 6.96. The lowest BCUT2D eigenvalue weighted by Gasteiger charge is -1.93. The quantitative estimate of drug-likeness (QED) is 0.375. The number of fused-ring (bicyclic) bond motifs is 3. The van der Waals surface area contributed by atoms with E-state index in [0.717, 1.165) is 17.8 Å². The molecule has 3 aromatic rings. The molecule has 3 aliphatic carbocycles. The Kier molecular flexibility index (Phi) is 6.72. The SMILES string of the molecule is CC1Cc2ccccc2C1.CC1Cc2ccccc2C1.CC1Cc2ccccc2C1. The van der Waals surface area contributed by atoms with E-state index in [-0.39, 0.29) is 0 Å². The number of hydrogen-bond donors (Lipinski definition) is 0. The van der Waals surface area contributed by atoms with Gasteiger partial charge in [-0.2, -0.15) is 0 Å². The van der Waals surface area contributed by atoms with E-state index in [1.807, 2.05) is 0 Å². The van der Waals surface area contributed by atoms with Crippen molar-refractivity contribution >= 4 is 0 Å². The predicted octanol–water partition coefficient (Wildman–Crippen LogP) is 7.26. The fourth-order valence-electron chi connectivity index (χ4n) is 5.34. The zero-order valence-electron chi connectivity index (χ0n) is 18.9. The van der Waals surface area contributed by atoms with Gasteiger partial charge in [0.1, 0.15) is 0 Å². The van der Waals surface area contributed by atoms with Crippen LogP contribution in [0.5, 0.6) is 0 Å². The van der Waals surface area contributed by atoms with Crippen LogP contribution in [0.3, 0.4) is 0 Å². The van der Waals surface area contributed by atoms with Crippen molar-refractivity contribution in [1.82, 2.24) is 0 Å². The van der Waals surface area contributed by atoms with E-state index >= 15 is 0 Å². The van der Waals surface area contributed by atoms with Gasteiger partial charge < -0.3 is 0 Å². The Bertz CT molecular complexity index is 765. The summed E-state index contributed by atoms with van der Waals surface area (Å²) in [5.41, 5.74) is 9.39. The van der Waals surface area contributed by atoms with E-state index in [0.29, 0.717) is 0 Å². The first kappa shape index (κ1) is 20.9. The minimum absolute atomic E-state index is 0.873. The van der Waals surface area contributed by atoms with Gasteiger partial charge >= 0.3 is 0 Å². The van der Waals surface area contributed by atoms with Gasteiger partial charge in [0.2, 0.25) is 0 Å². The summed E-state index contributed by atoms with van der Waals surface area (Å²) in [5.74, 6) is 2.62. The Balaban J connectivity index is 0.000000109. The van der Waals surface area contributed by atoms with Crippen LogP contribution in [0.4, 0.5) is 0 Å². The Morgan fingerprint density at radius 1 is 0.367 bits per heavy atom. The molecule has 3 aromatic carbocycles. The third-order valence-corrected chi connectivity index (χ3v) is 6.77. The number of hydrogen-bond acceptors (Lipinski definition) is 0. The zero-order valence-corrected chi connectivity index (χ0v) is 18.9. The van der Waals surface area contributed by atoms with E-state index in [4.69, 9.17) is 0 Å². The molecule has 0 N–H and O–H groups in total. The maximum absolute atomic E-state index is 2.32. The molecule has 0 aliphatic heterocycles. The predicted molar refractivity (Wildman–Crippen MR) is 129 cm³/mol. The van der Waals surface area contributed by atoms with Crippen LogP contribution in [0.1, 0.15) is 54.2 Å². The Morgan fingerprint density at radius 3 is 0.700 bits per heavy atom. The lowest BCUT2D eigenvalue weighted by molar-refractivity contribution is 0.627. The largest absolute Gasteiger partial charge is 0.0620 e. The molecule has 0 unspecified atom stereocenters. The summed E-state index contributed by atoms with van der Waals surface area (Å²) in [7, 11) is 0. The van der Waals surface area contributed by atoms with Crippen molar-refractivity contribution in [3.63, 3.8) is 0 Å². The van der Waals surface area contributed by atoms with Crippen LogP contribution in [-0.4, -0.2) is 0 Å². The van der Waals surface area contributed by atoms with E-state index in [2.05, 4.69) is 93.6 Å². The van der Waals surface area contributed by atoms with Gasteiger partial charge in [-0.05, 0) is 89.7 Å². The second-order valence-electron chi connectivity index (χ2n) is 9.85. The average Bonchev–Trinajstić information content (AvgIpc) is 3.41. The van der Waals surface area contributed by atoms with Crippen LogP contribution in [0, 0.1) is 17.8 Å². The molecule has 30 heavy (non-hydrogen) atoms. The van der Waals surface area contributed by atoms with Gasteiger partial charge in [0.15, 0.2) is 0 Å². The molecule has 0 heterocycles. The highest BCUT2D eigenvalue weighted by Gasteiger charge is 2.17. The highest BCUT2D eigenvalue weighted by molar-refractivity contribution is 5.33. The highest BCUT2D eigenvalue weighted by Crippen LogP contribution is 2.26. The first-order chi connectivity index (χ1) is 14.6. The van der Waals surface area contributed by atoms with Crippen LogP contribution < -0.4 is 0 Å². The lowest BCUT2D eigenvalue weighted by atomic mass is 10.1. The summed E-state index contributed by atoms with van der Waals surface area (Å²) < 4.78 is 0. The molecule has 0 heteroatoms. The van der Waals surface area contributed by atoms with Gasteiger partial charge in [0.05, 0.1) is 0 Å². The van der Waals surface area contributed by atoms with Crippen molar-refractivity contribution in [3.05, 3.63) is 106 Å². The first-order valence-corrected chi connectivity index (χ1v) is 11.8. The molecule has 156 valence electrons. The standard InChI is InChI=1S/3C10H12/c3*1-8-6-9-4-2-3-5-10(9)7-8/h3*2-5,8H,6-7H2,1H3. The van der Waals surface area contributed by atoms with Crippen LogP contribution >= 0.6 is 0 Å².